The van der Waals surface area contributed by atoms with Gasteiger partial charge in [0, 0.05) is 65.0 Å². The molecule has 0 atom stereocenters. The molecule has 456 valence electrons. The monoisotopic (exact) mass is 1290 g/mol. The van der Waals surface area contributed by atoms with E-state index < -0.39 is 68.2 Å². The Morgan fingerprint density at radius 3 is 0.329 bits per heavy atom. The normalized spacial score (nSPS) is 19.2. The minimum Gasteiger partial charge on any atom is -0.545 e. The van der Waals surface area contributed by atoms with Gasteiger partial charge in [-0.15, -0.1) is 0 Å². The number of hydrogen-bond donors (Lipinski definition) is 0. The number of carboxylic acid groups (broad SMARTS) is 4. The van der Waals surface area contributed by atoms with Crippen molar-refractivity contribution in [3.05, 3.63) is 0 Å². The van der Waals surface area contributed by atoms with Crippen LogP contribution in [0.2, 0.25) is 0 Å². The van der Waals surface area contributed by atoms with Gasteiger partial charge in [-0.1, -0.05) is 249 Å². The summed E-state index contributed by atoms with van der Waals surface area (Å²) < 4.78 is 0. The van der Waals surface area contributed by atoms with E-state index in [9.17, 15) is 39.6 Å². The topological polar surface area (TPSA) is 259 Å². The van der Waals surface area contributed by atoms with Gasteiger partial charge in [-0.25, -0.2) is 0 Å². The van der Waals surface area contributed by atoms with Crippen molar-refractivity contribution in [1.82, 2.24) is 0 Å². The summed E-state index contributed by atoms with van der Waals surface area (Å²) in [6.45, 7) is 70.7. The zero-order chi connectivity index (χ0) is 64.6. The second kappa shape index (κ2) is 25.4. The van der Waals surface area contributed by atoms with Crippen LogP contribution in [0.1, 0.15) is 249 Å². The SMILES string of the molecule is CC(C)(C)C1=NC(C(=O)[O-])(C(C)(C)C)N=C1C(C)(C)C.CC(C)(C)C1=NC(C(=O)[O-])(C(C)(C)C)N=C1C(C)(C)C.CC(C)(C)C1=NC(C(=O)[O-])(C(C)(C)C)N=C1C(C)(C)C.CC(C)(C)C1=NC(C(=O)[O-])(C(C)(C)C)N=C1C(C)(C)C.[Sr+2].[Sr+2]. The maximum absolute atomic E-state index is 11.8. The molecule has 0 radical (unpaired) electrons. The molecule has 0 aromatic carbocycles. The Bertz CT molecular complexity index is 2180. The van der Waals surface area contributed by atoms with E-state index in [0.717, 1.165) is 45.7 Å². The van der Waals surface area contributed by atoms with E-state index in [1.54, 1.807) is 0 Å². The minimum absolute atomic E-state index is 0. The first-order valence-electron chi connectivity index (χ1n) is 28.2. The fourth-order valence-corrected chi connectivity index (χ4v) is 8.93. The number of rotatable bonds is 4. The molecule has 0 spiro atoms. The Kier molecular flexibility index (Phi) is 25.4. The van der Waals surface area contributed by atoms with Crippen LogP contribution in [0.3, 0.4) is 0 Å². The summed E-state index contributed by atoms with van der Waals surface area (Å²) in [5.41, 5.74) is -4.59. The zero-order valence-corrected chi connectivity index (χ0v) is 65.2. The average Bonchev–Trinajstić information content (AvgIpc) is 3.97. The summed E-state index contributed by atoms with van der Waals surface area (Å²) in [6, 6.07) is 0. The van der Waals surface area contributed by atoms with Crippen LogP contribution in [0, 0.1) is 65.0 Å². The van der Waals surface area contributed by atoms with Crippen LogP contribution in [-0.2, 0) is 19.2 Å². The number of hydrogen-bond acceptors (Lipinski definition) is 16. The summed E-state index contributed by atoms with van der Waals surface area (Å²) in [4.78, 5) is 83.6. The molecule has 4 aliphatic heterocycles. The smallest absolute Gasteiger partial charge is 0.545 e. The van der Waals surface area contributed by atoms with Crippen molar-refractivity contribution in [2.45, 2.75) is 272 Å². The molecule has 0 saturated heterocycles. The number of aliphatic imine (C=N–C) groups is 8. The largest absolute Gasteiger partial charge is 2.00 e. The molecule has 0 N–H and O–H groups in total. The first kappa shape index (κ1) is 82.3. The molecule has 4 aliphatic rings. The van der Waals surface area contributed by atoms with Crippen LogP contribution in [0.4, 0.5) is 0 Å². The van der Waals surface area contributed by atoms with E-state index >= 15 is 0 Å². The van der Waals surface area contributed by atoms with Crippen LogP contribution >= 0.6 is 0 Å². The summed E-state index contributed by atoms with van der Waals surface area (Å²) in [5.74, 6) is -4.92. The van der Waals surface area contributed by atoms with E-state index in [1.165, 1.54) is 0 Å². The number of aliphatic carboxylic acids is 4. The van der Waals surface area contributed by atoms with Crippen LogP contribution in [0.25, 0.3) is 0 Å². The predicted octanol–water partition coefficient (Wildman–Crippen LogP) is 9.10. The van der Waals surface area contributed by atoms with Crippen molar-refractivity contribution >= 4 is 161 Å². The molecule has 4 heterocycles. The molecule has 0 aromatic heterocycles. The van der Waals surface area contributed by atoms with E-state index in [-0.39, 0.29) is 134 Å². The molecule has 0 unspecified atom stereocenters. The van der Waals surface area contributed by atoms with Crippen molar-refractivity contribution < 1.29 is 39.6 Å². The zero-order valence-electron chi connectivity index (χ0n) is 58.3. The molecule has 0 fully saturated rings. The number of carboxylic acids is 4. The molecule has 4 rings (SSSR count). The summed E-state index contributed by atoms with van der Waals surface area (Å²) >= 11 is 0. The third-order valence-electron chi connectivity index (χ3n) is 14.1. The standard InChI is InChI=1S/4C16H28N2O2.2Sr/c4*1-13(2,3)10-11(14(4,5)6)18-16(17-10,12(19)20)15(7,8)9;;/h4*1-9H3,(H,19,20);;/q;;;;2*+2/p-4. The fraction of sp³-hybridized carbons (Fsp3) is 0.812. The van der Waals surface area contributed by atoms with Gasteiger partial charge in [0.2, 0.25) is 0 Å². The first-order valence-corrected chi connectivity index (χ1v) is 28.2. The Labute approximate surface area is 570 Å². The third kappa shape index (κ3) is 17.7. The molecule has 16 nitrogen and oxygen atoms in total. The molecule has 18 heteroatoms. The van der Waals surface area contributed by atoms with E-state index in [4.69, 9.17) is 0 Å². The Hall–Kier alpha value is -1.80. The number of nitrogens with zero attached hydrogens (tertiary/aromatic N) is 8. The van der Waals surface area contributed by atoms with Crippen molar-refractivity contribution in [1.29, 1.82) is 0 Å². The molecule has 0 amide bonds. The Balaban J connectivity index is 0. The van der Waals surface area contributed by atoms with Crippen LogP contribution in [-0.4, -0.2) is 183 Å². The van der Waals surface area contributed by atoms with Gasteiger partial charge in [-0.3, -0.25) is 39.9 Å². The van der Waals surface area contributed by atoms with Crippen molar-refractivity contribution in [2.24, 2.45) is 105 Å². The fourth-order valence-electron chi connectivity index (χ4n) is 8.93. The van der Waals surface area contributed by atoms with Gasteiger partial charge in [0.1, 0.15) is 0 Å². The van der Waals surface area contributed by atoms with Gasteiger partial charge in [-0.2, -0.15) is 0 Å². The van der Waals surface area contributed by atoms with Gasteiger partial charge >= 0.3 is 91.0 Å². The van der Waals surface area contributed by atoms with E-state index in [0.29, 0.717) is 0 Å². The van der Waals surface area contributed by atoms with Crippen molar-refractivity contribution in [2.75, 3.05) is 0 Å². The maximum atomic E-state index is 11.8. The third-order valence-corrected chi connectivity index (χ3v) is 14.1. The summed E-state index contributed by atoms with van der Waals surface area (Å²) in [5, 5.41) is 47.2. The van der Waals surface area contributed by atoms with Gasteiger partial charge in [0.15, 0.2) is 22.7 Å². The predicted molar refractivity (Wildman–Crippen MR) is 335 cm³/mol. The van der Waals surface area contributed by atoms with Crippen molar-refractivity contribution in [3.8, 4) is 0 Å². The summed E-state index contributed by atoms with van der Waals surface area (Å²) in [6.07, 6.45) is 0. The summed E-state index contributed by atoms with van der Waals surface area (Å²) in [7, 11) is 0. The molecular weight excluding hydrogens is 1180 g/mol. The Morgan fingerprint density at radius 1 is 0.220 bits per heavy atom. The minimum atomic E-state index is -1.53. The van der Waals surface area contributed by atoms with Gasteiger partial charge < -0.3 is 39.6 Å². The van der Waals surface area contributed by atoms with Crippen LogP contribution in [0.15, 0.2) is 39.9 Å². The van der Waals surface area contributed by atoms with Gasteiger partial charge in [0.25, 0.3) is 0 Å². The number of carbonyl (C=O) groups is 4. The molecule has 0 bridgehead atoms. The second-order valence-corrected chi connectivity index (χ2v) is 34.5. The van der Waals surface area contributed by atoms with Crippen molar-refractivity contribution in [3.63, 3.8) is 0 Å². The molecule has 0 aliphatic carbocycles. The molecule has 82 heavy (non-hydrogen) atoms. The van der Waals surface area contributed by atoms with Gasteiger partial charge in [0.05, 0.1) is 69.6 Å². The molecule has 0 saturated carbocycles. The molecular formula is C64H108N8O8Sr2. The average molecular weight is 1290 g/mol. The first-order chi connectivity index (χ1) is 34.5. The van der Waals surface area contributed by atoms with Gasteiger partial charge in [-0.05, 0) is 0 Å². The molecule has 0 aromatic rings. The number of carbonyl (C=O) groups excluding carboxylic acids is 4. The second-order valence-electron chi connectivity index (χ2n) is 34.5. The van der Waals surface area contributed by atoms with E-state index in [1.807, 2.05) is 249 Å². The maximum Gasteiger partial charge on any atom is 2.00 e. The van der Waals surface area contributed by atoms with Crippen LogP contribution in [0.5, 0.6) is 0 Å². The Morgan fingerprint density at radius 2 is 0.293 bits per heavy atom. The van der Waals surface area contributed by atoms with Crippen LogP contribution < -0.4 is 20.4 Å². The quantitative estimate of drug-likeness (QED) is 0.245. The van der Waals surface area contributed by atoms with E-state index in [2.05, 4.69) is 39.9 Å².